The summed E-state index contributed by atoms with van der Waals surface area (Å²) in [6.45, 7) is -0.602. The fourth-order valence-electron chi connectivity index (χ4n) is 1.31. The molecule has 0 atom stereocenters. The second-order valence-corrected chi connectivity index (χ2v) is 7.74. The normalized spacial score (nSPS) is 12.3. The van der Waals surface area contributed by atoms with Crippen LogP contribution in [0.2, 0.25) is 5.02 Å². The Kier molecular flexibility index (Phi) is 5.28. The van der Waals surface area contributed by atoms with Crippen molar-refractivity contribution in [3.8, 4) is 0 Å². The molecule has 1 rings (SSSR count). The van der Waals surface area contributed by atoms with Gasteiger partial charge in [0.15, 0.2) is 5.82 Å². The molecule has 12 heteroatoms. The SMILES string of the molecule is NS(=O)(=O)CCNS(=O)(=O)c1cc(Cl)cc(C(=O)O)c1F. The number of hydrogen-bond acceptors (Lipinski definition) is 5. The Morgan fingerprint density at radius 3 is 2.38 bits per heavy atom. The summed E-state index contributed by atoms with van der Waals surface area (Å²) in [6.07, 6.45) is 0. The molecule has 0 radical (unpaired) electrons. The van der Waals surface area contributed by atoms with Crippen molar-refractivity contribution in [2.75, 3.05) is 12.3 Å². The average molecular weight is 361 g/mol. The van der Waals surface area contributed by atoms with Crippen LogP contribution in [0.15, 0.2) is 17.0 Å². The van der Waals surface area contributed by atoms with Crippen LogP contribution in [-0.2, 0) is 20.0 Å². The highest BCUT2D eigenvalue weighted by molar-refractivity contribution is 7.90. The first-order chi connectivity index (χ1) is 9.44. The van der Waals surface area contributed by atoms with Gasteiger partial charge < -0.3 is 5.11 Å². The second kappa shape index (κ2) is 6.23. The van der Waals surface area contributed by atoms with E-state index in [1.807, 2.05) is 0 Å². The van der Waals surface area contributed by atoms with Gasteiger partial charge in [-0.15, -0.1) is 0 Å². The summed E-state index contributed by atoms with van der Waals surface area (Å²) in [7, 11) is -8.39. The Morgan fingerprint density at radius 1 is 1.33 bits per heavy atom. The maximum absolute atomic E-state index is 13.9. The second-order valence-electron chi connectivity index (χ2n) is 3.84. The zero-order valence-corrected chi connectivity index (χ0v) is 12.6. The number of carboxylic acid groups (broad SMARTS) is 1. The fraction of sp³-hybridized carbons (Fsp3) is 0.222. The quantitative estimate of drug-likeness (QED) is 0.637. The molecule has 0 saturated heterocycles. The van der Waals surface area contributed by atoms with E-state index in [4.69, 9.17) is 16.7 Å². The van der Waals surface area contributed by atoms with E-state index >= 15 is 0 Å². The van der Waals surface area contributed by atoms with Crippen LogP contribution >= 0.6 is 11.6 Å². The molecule has 1 aromatic rings. The molecule has 0 spiro atoms. The van der Waals surface area contributed by atoms with Gasteiger partial charge in [0.05, 0.1) is 11.3 Å². The minimum Gasteiger partial charge on any atom is -0.478 e. The van der Waals surface area contributed by atoms with E-state index in [1.54, 1.807) is 4.72 Å². The van der Waals surface area contributed by atoms with Crippen LogP contribution in [0.3, 0.4) is 0 Å². The highest BCUT2D eigenvalue weighted by atomic mass is 35.5. The number of sulfonamides is 2. The van der Waals surface area contributed by atoms with Crippen molar-refractivity contribution in [3.63, 3.8) is 0 Å². The molecule has 0 aromatic heterocycles. The predicted octanol–water partition coefficient (Wildman–Crippen LogP) is -0.256. The number of benzene rings is 1. The number of carbonyl (C=O) groups is 1. The Bertz CT molecular complexity index is 778. The third-order valence-electron chi connectivity index (χ3n) is 2.20. The van der Waals surface area contributed by atoms with E-state index in [0.29, 0.717) is 6.07 Å². The van der Waals surface area contributed by atoms with Gasteiger partial charge in [0.25, 0.3) is 0 Å². The predicted molar refractivity (Wildman–Crippen MR) is 71.5 cm³/mol. The molecule has 0 heterocycles. The largest absolute Gasteiger partial charge is 0.478 e. The van der Waals surface area contributed by atoms with E-state index in [1.165, 1.54) is 0 Å². The van der Waals surface area contributed by atoms with Gasteiger partial charge in [0, 0.05) is 11.6 Å². The van der Waals surface area contributed by atoms with E-state index in [0.717, 1.165) is 6.07 Å². The van der Waals surface area contributed by atoms with Gasteiger partial charge in [-0.2, -0.15) is 0 Å². The Morgan fingerprint density at radius 2 is 1.90 bits per heavy atom. The van der Waals surface area contributed by atoms with Crippen molar-refractivity contribution in [2.24, 2.45) is 5.14 Å². The molecule has 0 bridgehead atoms. The van der Waals surface area contributed by atoms with Crippen LogP contribution in [0.4, 0.5) is 4.39 Å². The van der Waals surface area contributed by atoms with Crippen LogP contribution in [0.5, 0.6) is 0 Å². The lowest BCUT2D eigenvalue weighted by Gasteiger charge is -2.09. The molecule has 1 aromatic carbocycles. The van der Waals surface area contributed by atoms with E-state index in [2.05, 4.69) is 5.14 Å². The molecule has 0 amide bonds. The molecule has 0 aliphatic rings. The lowest BCUT2D eigenvalue weighted by molar-refractivity contribution is 0.0691. The van der Waals surface area contributed by atoms with Crippen molar-refractivity contribution in [1.82, 2.24) is 4.72 Å². The molecule has 0 fully saturated rings. The number of aromatic carboxylic acids is 1. The van der Waals surface area contributed by atoms with Crippen molar-refractivity contribution in [2.45, 2.75) is 4.90 Å². The molecule has 21 heavy (non-hydrogen) atoms. The zero-order valence-electron chi connectivity index (χ0n) is 10.2. The summed E-state index contributed by atoms with van der Waals surface area (Å²) >= 11 is 5.54. The molecular formula is C9H10ClFN2O6S2. The topological polar surface area (TPSA) is 144 Å². The first-order valence-corrected chi connectivity index (χ1v) is 8.74. The number of hydrogen-bond donors (Lipinski definition) is 3. The third kappa shape index (κ3) is 4.89. The maximum atomic E-state index is 13.9. The van der Waals surface area contributed by atoms with Gasteiger partial charge in [-0.25, -0.2) is 35.9 Å². The monoisotopic (exact) mass is 360 g/mol. The highest BCUT2D eigenvalue weighted by Gasteiger charge is 2.25. The number of nitrogens with two attached hydrogens (primary N) is 1. The summed E-state index contributed by atoms with van der Waals surface area (Å²) in [6, 6.07) is 1.46. The third-order valence-corrected chi connectivity index (χ3v) is 4.65. The summed E-state index contributed by atoms with van der Waals surface area (Å²) in [4.78, 5) is 9.79. The molecule has 0 aliphatic heterocycles. The van der Waals surface area contributed by atoms with Gasteiger partial charge in [-0.1, -0.05) is 11.6 Å². The molecule has 4 N–H and O–H groups in total. The van der Waals surface area contributed by atoms with E-state index in [9.17, 15) is 26.0 Å². The Labute approximate surface area is 124 Å². The Balaban J connectivity index is 3.17. The first kappa shape index (κ1) is 17.8. The lowest BCUT2D eigenvalue weighted by Crippen LogP contribution is -2.32. The van der Waals surface area contributed by atoms with Crippen LogP contribution in [0, 0.1) is 5.82 Å². The number of carboxylic acids is 1. The van der Waals surface area contributed by atoms with Crippen LogP contribution < -0.4 is 9.86 Å². The fourth-order valence-corrected chi connectivity index (χ4v) is 3.26. The number of nitrogens with one attached hydrogen (secondary N) is 1. The standard InChI is InChI=1S/C9H10ClFN2O6S2/c10-5-3-6(9(14)15)8(11)7(4-5)21(18,19)13-1-2-20(12,16)17/h3-4,13H,1-2H2,(H,14,15)(H2,12,16,17). The van der Waals surface area contributed by atoms with E-state index in [-0.39, 0.29) is 5.02 Å². The van der Waals surface area contributed by atoms with Crippen LogP contribution in [0.1, 0.15) is 10.4 Å². The zero-order chi connectivity index (χ0) is 16.4. The van der Waals surface area contributed by atoms with Crippen molar-refractivity contribution in [1.29, 1.82) is 0 Å². The number of rotatable bonds is 6. The van der Waals surface area contributed by atoms with E-state index < -0.39 is 54.6 Å². The van der Waals surface area contributed by atoms with Gasteiger partial charge in [0.2, 0.25) is 20.0 Å². The minimum absolute atomic E-state index is 0.305. The van der Waals surface area contributed by atoms with Crippen LogP contribution in [-0.4, -0.2) is 40.2 Å². The molecule has 0 unspecified atom stereocenters. The molecule has 0 aliphatic carbocycles. The summed E-state index contributed by atoms with van der Waals surface area (Å²) in [5.74, 6) is -3.91. The maximum Gasteiger partial charge on any atom is 0.338 e. The molecule has 0 saturated carbocycles. The summed E-state index contributed by atoms with van der Waals surface area (Å²) in [5.41, 5.74) is -0.922. The lowest BCUT2D eigenvalue weighted by atomic mass is 10.2. The molecule has 8 nitrogen and oxygen atoms in total. The number of halogens is 2. The van der Waals surface area contributed by atoms with Crippen molar-refractivity contribution in [3.05, 3.63) is 28.5 Å². The molecular weight excluding hydrogens is 351 g/mol. The smallest absolute Gasteiger partial charge is 0.338 e. The summed E-state index contributed by atoms with van der Waals surface area (Å²) in [5, 5.41) is 13.1. The van der Waals surface area contributed by atoms with Gasteiger partial charge in [0.1, 0.15) is 4.90 Å². The highest BCUT2D eigenvalue weighted by Crippen LogP contribution is 2.23. The van der Waals surface area contributed by atoms with Gasteiger partial charge in [-0.3, -0.25) is 0 Å². The van der Waals surface area contributed by atoms with Crippen molar-refractivity contribution >= 4 is 37.6 Å². The van der Waals surface area contributed by atoms with Crippen molar-refractivity contribution < 1.29 is 31.1 Å². The summed E-state index contributed by atoms with van der Waals surface area (Å²) < 4.78 is 60.7. The first-order valence-electron chi connectivity index (χ1n) is 5.16. The van der Waals surface area contributed by atoms with Gasteiger partial charge >= 0.3 is 5.97 Å². The Hall–Kier alpha value is -1.27. The minimum atomic E-state index is -4.48. The average Bonchev–Trinajstić information content (AvgIpc) is 2.29. The number of primary sulfonamides is 1. The van der Waals surface area contributed by atoms with Crippen LogP contribution in [0.25, 0.3) is 0 Å². The molecule has 118 valence electrons. The van der Waals surface area contributed by atoms with Gasteiger partial charge in [-0.05, 0) is 12.1 Å².